The first-order valence-electron chi connectivity index (χ1n) is 4.30. The fraction of sp³-hybridized carbons (Fsp3) is 0.300. The number of ether oxygens (including phenoxy) is 1. The lowest BCUT2D eigenvalue weighted by molar-refractivity contribution is -0.138. The molecule has 4 heteroatoms. The average Bonchev–Trinajstić information content (AvgIpc) is 2.19. The van der Waals surface area contributed by atoms with Crippen LogP contribution in [0.15, 0.2) is 18.2 Å². The number of rotatable bonds is 3. The van der Waals surface area contributed by atoms with E-state index < -0.39 is 0 Å². The van der Waals surface area contributed by atoms with Crippen molar-refractivity contribution in [2.45, 2.75) is 6.92 Å². The first-order chi connectivity index (χ1) is 6.63. The van der Waals surface area contributed by atoms with E-state index in [0.29, 0.717) is 5.69 Å². The van der Waals surface area contributed by atoms with Gasteiger partial charge in [-0.1, -0.05) is 6.07 Å². The van der Waals surface area contributed by atoms with Gasteiger partial charge in [-0.25, -0.2) is 0 Å². The summed E-state index contributed by atoms with van der Waals surface area (Å²) in [7, 11) is 1.36. The van der Waals surface area contributed by atoms with Crippen molar-refractivity contribution < 1.29 is 9.53 Å². The van der Waals surface area contributed by atoms with Crippen LogP contribution in [0.2, 0.25) is 0 Å². The zero-order chi connectivity index (χ0) is 10.6. The highest BCUT2D eigenvalue weighted by Crippen LogP contribution is 2.17. The third kappa shape index (κ3) is 2.65. The zero-order valence-electron chi connectivity index (χ0n) is 8.33. The Hall–Kier alpha value is -1.71. The smallest absolute Gasteiger partial charge is 0.325 e. The molecule has 0 saturated heterocycles. The van der Waals surface area contributed by atoms with Crippen LogP contribution in [0.25, 0.3) is 0 Å². The molecule has 0 radical (unpaired) electrons. The van der Waals surface area contributed by atoms with Crippen LogP contribution in [0, 0.1) is 6.92 Å². The molecule has 1 aromatic carbocycles. The fourth-order valence-electron chi connectivity index (χ4n) is 1.07. The van der Waals surface area contributed by atoms with E-state index in [0.717, 1.165) is 11.3 Å². The molecule has 0 heterocycles. The zero-order valence-corrected chi connectivity index (χ0v) is 8.33. The Balaban J connectivity index is 2.66. The number of benzene rings is 1. The number of hydrogen-bond acceptors (Lipinski definition) is 4. The van der Waals surface area contributed by atoms with Crippen molar-refractivity contribution in [1.82, 2.24) is 0 Å². The average molecular weight is 194 g/mol. The lowest BCUT2D eigenvalue weighted by Gasteiger charge is -2.08. The maximum absolute atomic E-state index is 10.9. The molecule has 14 heavy (non-hydrogen) atoms. The number of nitrogens with one attached hydrogen (secondary N) is 1. The lowest BCUT2D eigenvalue weighted by atomic mass is 10.2. The van der Waals surface area contributed by atoms with Gasteiger partial charge in [-0.15, -0.1) is 0 Å². The summed E-state index contributed by atoms with van der Waals surface area (Å²) in [6, 6.07) is 5.51. The number of nitrogens with two attached hydrogens (primary N) is 1. The molecule has 0 aliphatic carbocycles. The predicted molar refractivity (Wildman–Crippen MR) is 56.1 cm³/mol. The Morgan fingerprint density at radius 3 is 2.93 bits per heavy atom. The van der Waals surface area contributed by atoms with Gasteiger partial charge in [-0.2, -0.15) is 0 Å². The molecular weight excluding hydrogens is 180 g/mol. The van der Waals surface area contributed by atoms with E-state index >= 15 is 0 Å². The van der Waals surface area contributed by atoms with Crippen molar-refractivity contribution in [2.24, 2.45) is 0 Å². The monoisotopic (exact) mass is 194 g/mol. The summed E-state index contributed by atoms with van der Waals surface area (Å²) in [6.45, 7) is 2.10. The van der Waals surface area contributed by atoms with Gasteiger partial charge in [0.2, 0.25) is 0 Å². The second-order valence-electron chi connectivity index (χ2n) is 3.00. The number of carbonyl (C=O) groups is 1. The van der Waals surface area contributed by atoms with E-state index in [1.165, 1.54) is 7.11 Å². The van der Waals surface area contributed by atoms with Gasteiger partial charge >= 0.3 is 5.97 Å². The molecule has 76 valence electrons. The topological polar surface area (TPSA) is 64.3 Å². The molecular formula is C10H14N2O2. The van der Waals surface area contributed by atoms with E-state index in [1.807, 2.05) is 19.1 Å². The molecule has 0 aliphatic heterocycles. The van der Waals surface area contributed by atoms with Gasteiger partial charge in [0.05, 0.1) is 7.11 Å². The number of anilines is 2. The van der Waals surface area contributed by atoms with E-state index in [4.69, 9.17) is 5.73 Å². The Morgan fingerprint density at radius 1 is 1.57 bits per heavy atom. The Morgan fingerprint density at radius 2 is 2.29 bits per heavy atom. The van der Waals surface area contributed by atoms with Crippen LogP contribution in [0.5, 0.6) is 0 Å². The quantitative estimate of drug-likeness (QED) is 0.560. The molecule has 4 nitrogen and oxygen atoms in total. The minimum absolute atomic E-state index is 0.154. The standard InChI is InChI=1S/C10H14N2O2/c1-7-3-4-8(11)5-9(7)12-6-10(13)14-2/h3-5,12H,6,11H2,1-2H3. The molecule has 0 saturated carbocycles. The number of esters is 1. The number of carbonyl (C=O) groups excluding carboxylic acids is 1. The molecule has 0 unspecified atom stereocenters. The number of hydrogen-bond donors (Lipinski definition) is 2. The highest BCUT2D eigenvalue weighted by atomic mass is 16.5. The molecule has 3 N–H and O–H groups in total. The molecule has 0 aliphatic rings. The summed E-state index contributed by atoms with van der Waals surface area (Å²) in [5, 5.41) is 2.95. The molecule has 0 aromatic heterocycles. The van der Waals surface area contributed by atoms with Gasteiger partial charge in [-0.3, -0.25) is 4.79 Å². The molecule has 1 aromatic rings. The van der Waals surface area contributed by atoms with Gasteiger partial charge in [-0.05, 0) is 24.6 Å². The van der Waals surface area contributed by atoms with Crippen LogP contribution in [0.1, 0.15) is 5.56 Å². The third-order valence-electron chi connectivity index (χ3n) is 1.91. The van der Waals surface area contributed by atoms with Crippen LogP contribution in [0.3, 0.4) is 0 Å². The van der Waals surface area contributed by atoms with Crippen LogP contribution in [-0.2, 0) is 9.53 Å². The minimum atomic E-state index is -0.299. The van der Waals surface area contributed by atoms with Crippen LogP contribution in [0.4, 0.5) is 11.4 Å². The van der Waals surface area contributed by atoms with Crippen molar-refractivity contribution in [1.29, 1.82) is 0 Å². The summed E-state index contributed by atoms with van der Waals surface area (Å²) in [6.07, 6.45) is 0. The van der Waals surface area contributed by atoms with Gasteiger partial charge in [0.15, 0.2) is 0 Å². The summed E-state index contributed by atoms with van der Waals surface area (Å²) in [5.41, 5.74) is 8.18. The van der Waals surface area contributed by atoms with E-state index in [-0.39, 0.29) is 12.5 Å². The largest absolute Gasteiger partial charge is 0.468 e. The molecule has 0 atom stereocenters. The normalized spacial score (nSPS) is 9.57. The molecule has 0 bridgehead atoms. The van der Waals surface area contributed by atoms with Crippen LogP contribution >= 0.6 is 0 Å². The maximum Gasteiger partial charge on any atom is 0.325 e. The molecule has 0 amide bonds. The Bertz CT molecular complexity index is 337. The summed E-state index contributed by atoms with van der Waals surface area (Å²) < 4.78 is 4.51. The lowest BCUT2D eigenvalue weighted by Crippen LogP contribution is -2.15. The minimum Gasteiger partial charge on any atom is -0.468 e. The van der Waals surface area contributed by atoms with Crippen molar-refractivity contribution >= 4 is 17.3 Å². The Labute approximate surface area is 83.1 Å². The third-order valence-corrected chi connectivity index (χ3v) is 1.91. The van der Waals surface area contributed by atoms with Gasteiger partial charge in [0.1, 0.15) is 6.54 Å². The second-order valence-corrected chi connectivity index (χ2v) is 3.00. The highest BCUT2D eigenvalue weighted by Gasteiger charge is 2.02. The van der Waals surface area contributed by atoms with Crippen LogP contribution < -0.4 is 11.1 Å². The first kappa shape index (κ1) is 10.4. The van der Waals surface area contributed by atoms with Crippen molar-refractivity contribution in [3.63, 3.8) is 0 Å². The van der Waals surface area contributed by atoms with Crippen LogP contribution in [-0.4, -0.2) is 19.6 Å². The van der Waals surface area contributed by atoms with Gasteiger partial charge in [0.25, 0.3) is 0 Å². The van der Waals surface area contributed by atoms with Crippen molar-refractivity contribution in [3.8, 4) is 0 Å². The second kappa shape index (κ2) is 4.50. The van der Waals surface area contributed by atoms with Crippen molar-refractivity contribution in [2.75, 3.05) is 24.7 Å². The highest BCUT2D eigenvalue weighted by molar-refractivity contribution is 5.75. The van der Waals surface area contributed by atoms with Gasteiger partial charge in [0, 0.05) is 11.4 Å². The van der Waals surface area contributed by atoms with Crippen molar-refractivity contribution in [3.05, 3.63) is 23.8 Å². The first-order valence-corrected chi connectivity index (χ1v) is 4.30. The summed E-state index contributed by atoms with van der Waals surface area (Å²) in [4.78, 5) is 10.9. The number of nitrogen functional groups attached to an aromatic ring is 1. The fourth-order valence-corrected chi connectivity index (χ4v) is 1.07. The van der Waals surface area contributed by atoms with E-state index in [2.05, 4.69) is 10.1 Å². The Kier molecular flexibility index (Phi) is 3.34. The molecule has 0 spiro atoms. The van der Waals surface area contributed by atoms with E-state index in [1.54, 1.807) is 6.07 Å². The maximum atomic E-state index is 10.9. The number of methoxy groups -OCH3 is 1. The summed E-state index contributed by atoms with van der Waals surface area (Å²) in [5.74, 6) is -0.299. The number of aryl methyl sites for hydroxylation is 1. The summed E-state index contributed by atoms with van der Waals surface area (Å²) >= 11 is 0. The SMILES string of the molecule is COC(=O)CNc1cc(N)ccc1C. The van der Waals surface area contributed by atoms with E-state index in [9.17, 15) is 4.79 Å². The van der Waals surface area contributed by atoms with Gasteiger partial charge < -0.3 is 15.8 Å². The predicted octanol–water partition coefficient (Wildman–Crippen LogP) is 1.16. The molecule has 0 fully saturated rings. The molecule has 1 rings (SSSR count).